The second-order valence-electron chi connectivity index (χ2n) is 4.52. The Labute approximate surface area is 97.4 Å². The maximum atomic E-state index is 11.5. The van der Waals surface area contributed by atoms with Crippen LogP contribution in [0, 0.1) is 11.3 Å². The standard InChI is InChI=1S/C12H21N3O/c1-10(7-8-13)15-12(16)6-5-11-4-2-3-9-14-11/h10-11,14H,2-7,9H2,1H3,(H,15,16). The number of carbonyl (C=O) groups is 1. The molecule has 0 spiro atoms. The van der Waals surface area contributed by atoms with Gasteiger partial charge < -0.3 is 10.6 Å². The molecule has 1 rings (SSSR count). The van der Waals surface area contributed by atoms with Crippen molar-refractivity contribution in [3.05, 3.63) is 0 Å². The number of rotatable bonds is 5. The third-order valence-electron chi connectivity index (χ3n) is 2.94. The smallest absolute Gasteiger partial charge is 0.220 e. The lowest BCUT2D eigenvalue weighted by molar-refractivity contribution is -0.121. The highest BCUT2D eigenvalue weighted by atomic mass is 16.1. The average molecular weight is 223 g/mol. The molecule has 0 saturated carbocycles. The van der Waals surface area contributed by atoms with Gasteiger partial charge in [0.15, 0.2) is 0 Å². The normalized spacial score (nSPS) is 22.1. The van der Waals surface area contributed by atoms with Crippen molar-refractivity contribution in [2.75, 3.05) is 6.54 Å². The van der Waals surface area contributed by atoms with E-state index < -0.39 is 0 Å². The summed E-state index contributed by atoms with van der Waals surface area (Å²) >= 11 is 0. The van der Waals surface area contributed by atoms with Crippen LogP contribution in [0.1, 0.15) is 45.4 Å². The fourth-order valence-electron chi connectivity index (χ4n) is 2.01. The zero-order chi connectivity index (χ0) is 11.8. The zero-order valence-corrected chi connectivity index (χ0v) is 9.96. The first-order valence-electron chi connectivity index (χ1n) is 6.12. The summed E-state index contributed by atoms with van der Waals surface area (Å²) < 4.78 is 0. The van der Waals surface area contributed by atoms with Crippen LogP contribution in [-0.4, -0.2) is 24.5 Å². The molecule has 2 atom stereocenters. The van der Waals surface area contributed by atoms with E-state index in [2.05, 4.69) is 16.7 Å². The highest BCUT2D eigenvalue weighted by molar-refractivity contribution is 5.76. The van der Waals surface area contributed by atoms with E-state index in [1.165, 1.54) is 19.3 Å². The zero-order valence-electron chi connectivity index (χ0n) is 9.96. The molecule has 4 nitrogen and oxygen atoms in total. The summed E-state index contributed by atoms with van der Waals surface area (Å²) in [5, 5.41) is 14.7. The van der Waals surface area contributed by atoms with Gasteiger partial charge >= 0.3 is 0 Å². The topological polar surface area (TPSA) is 64.9 Å². The van der Waals surface area contributed by atoms with Crippen molar-refractivity contribution in [1.29, 1.82) is 5.26 Å². The summed E-state index contributed by atoms with van der Waals surface area (Å²) in [6.07, 6.45) is 5.55. The lowest BCUT2D eigenvalue weighted by atomic mass is 10.0. The SMILES string of the molecule is CC(CC#N)NC(=O)CCC1CCCCN1. The van der Waals surface area contributed by atoms with Crippen LogP contribution in [0.3, 0.4) is 0 Å². The van der Waals surface area contributed by atoms with Gasteiger partial charge in [-0.05, 0) is 32.7 Å². The predicted octanol–water partition coefficient (Wildman–Crippen LogP) is 1.33. The van der Waals surface area contributed by atoms with Crippen molar-refractivity contribution in [3.63, 3.8) is 0 Å². The fraction of sp³-hybridized carbons (Fsp3) is 0.833. The van der Waals surface area contributed by atoms with E-state index in [0.29, 0.717) is 18.9 Å². The van der Waals surface area contributed by atoms with Gasteiger partial charge in [-0.15, -0.1) is 0 Å². The molecule has 1 aliphatic rings. The molecule has 0 aliphatic carbocycles. The van der Waals surface area contributed by atoms with E-state index in [9.17, 15) is 4.79 Å². The Kier molecular flexibility index (Phi) is 5.87. The Morgan fingerprint density at radius 3 is 3.06 bits per heavy atom. The molecule has 2 N–H and O–H groups in total. The molecule has 4 heteroatoms. The molecule has 0 radical (unpaired) electrons. The molecule has 16 heavy (non-hydrogen) atoms. The Balaban J connectivity index is 2.12. The molecule has 0 aromatic carbocycles. The second kappa shape index (κ2) is 7.24. The number of hydrogen-bond donors (Lipinski definition) is 2. The Morgan fingerprint density at radius 2 is 2.44 bits per heavy atom. The summed E-state index contributed by atoms with van der Waals surface area (Å²) in [4.78, 5) is 11.5. The lowest BCUT2D eigenvalue weighted by Crippen LogP contribution is -2.37. The van der Waals surface area contributed by atoms with Crippen molar-refractivity contribution >= 4 is 5.91 Å². The summed E-state index contributed by atoms with van der Waals surface area (Å²) in [6, 6.07) is 2.53. The van der Waals surface area contributed by atoms with Crippen molar-refractivity contribution in [2.45, 2.75) is 57.5 Å². The number of piperidine rings is 1. The molecular formula is C12H21N3O. The van der Waals surface area contributed by atoms with Gasteiger partial charge in [-0.1, -0.05) is 6.42 Å². The number of nitrogens with zero attached hydrogens (tertiary/aromatic N) is 1. The van der Waals surface area contributed by atoms with Crippen molar-refractivity contribution in [2.24, 2.45) is 0 Å². The highest BCUT2D eigenvalue weighted by Gasteiger charge is 2.14. The van der Waals surface area contributed by atoms with Crippen LogP contribution in [-0.2, 0) is 4.79 Å². The molecule has 1 aliphatic heterocycles. The van der Waals surface area contributed by atoms with Gasteiger partial charge in [0.1, 0.15) is 0 Å². The van der Waals surface area contributed by atoms with E-state index >= 15 is 0 Å². The van der Waals surface area contributed by atoms with Gasteiger partial charge in [-0.25, -0.2) is 0 Å². The van der Waals surface area contributed by atoms with Gasteiger partial charge in [0.25, 0.3) is 0 Å². The molecule has 1 amide bonds. The van der Waals surface area contributed by atoms with Crippen LogP contribution < -0.4 is 10.6 Å². The van der Waals surface area contributed by atoms with Gasteiger partial charge in [-0.2, -0.15) is 5.26 Å². The van der Waals surface area contributed by atoms with Crippen molar-refractivity contribution in [3.8, 4) is 6.07 Å². The summed E-state index contributed by atoms with van der Waals surface area (Å²) in [5.41, 5.74) is 0. The van der Waals surface area contributed by atoms with E-state index in [1.807, 2.05) is 6.92 Å². The summed E-state index contributed by atoms with van der Waals surface area (Å²) in [6.45, 7) is 2.94. The molecule has 90 valence electrons. The van der Waals surface area contributed by atoms with Crippen LogP contribution in [0.5, 0.6) is 0 Å². The number of nitriles is 1. The number of amides is 1. The van der Waals surface area contributed by atoms with Crippen LogP contribution >= 0.6 is 0 Å². The number of nitrogens with one attached hydrogen (secondary N) is 2. The van der Waals surface area contributed by atoms with Crippen LogP contribution in [0.25, 0.3) is 0 Å². The minimum absolute atomic E-state index is 0.0307. The molecule has 1 heterocycles. The first kappa shape index (κ1) is 13.0. The number of carbonyl (C=O) groups excluding carboxylic acids is 1. The minimum atomic E-state index is -0.0307. The first-order valence-corrected chi connectivity index (χ1v) is 6.12. The van der Waals surface area contributed by atoms with Gasteiger partial charge in [0.05, 0.1) is 12.5 Å². The van der Waals surface area contributed by atoms with E-state index in [1.54, 1.807) is 0 Å². The quantitative estimate of drug-likeness (QED) is 0.739. The molecule has 0 aromatic heterocycles. The number of hydrogen-bond acceptors (Lipinski definition) is 3. The molecular weight excluding hydrogens is 202 g/mol. The summed E-state index contributed by atoms with van der Waals surface area (Å²) in [5.74, 6) is 0.0649. The van der Waals surface area contributed by atoms with E-state index in [0.717, 1.165) is 13.0 Å². The van der Waals surface area contributed by atoms with Crippen LogP contribution in [0.2, 0.25) is 0 Å². The Hall–Kier alpha value is -1.08. The first-order chi connectivity index (χ1) is 7.72. The Morgan fingerprint density at radius 1 is 1.62 bits per heavy atom. The third-order valence-corrected chi connectivity index (χ3v) is 2.94. The van der Waals surface area contributed by atoms with Gasteiger partial charge in [-0.3, -0.25) is 4.79 Å². The molecule has 0 bridgehead atoms. The van der Waals surface area contributed by atoms with E-state index in [4.69, 9.17) is 5.26 Å². The maximum Gasteiger partial charge on any atom is 0.220 e. The molecule has 1 fully saturated rings. The Bertz CT molecular complexity index is 253. The van der Waals surface area contributed by atoms with Crippen LogP contribution in [0.15, 0.2) is 0 Å². The summed E-state index contributed by atoms with van der Waals surface area (Å²) in [7, 11) is 0. The van der Waals surface area contributed by atoms with Crippen molar-refractivity contribution < 1.29 is 4.79 Å². The van der Waals surface area contributed by atoms with Gasteiger partial charge in [0.2, 0.25) is 5.91 Å². The highest BCUT2D eigenvalue weighted by Crippen LogP contribution is 2.11. The van der Waals surface area contributed by atoms with E-state index in [-0.39, 0.29) is 11.9 Å². The fourth-order valence-corrected chi connectivity index (χ4v) is 2.01. The molecule has 2 unspecified atom stereocenters. The monoisotopic (exact) mass is 223 g/mol. The lowest BCUT2D eigenvalue weighted by Gasteiger charge is -2.23. The van der Waals surface area contributed by atoms with Gasteiger partial charge in [0, 0.05) is 18.5 Å². The van der Waals surface area contributed by atoms with Crippen molar-refractivity contribution in [1.82, 2.24) is 10.6 Å². The van der Waals surface area contributed by atoms with Crippen LogP contribution in [0.4, 0.5) is 0 Å². The average Bonchev–Trinajstić information content (AvgIpc) is 2.28. The molecule has 0 aromatic rings. The predicted molar refractivity (Wildman–Crippen MR) is 62.7 cm³/mol. The maximum absolute atomic E-state index is 11.5. The minimum Gasteiger partial charge on any atom is -0.353 e. The molecule has 1 saturated heterocycles. The third kappa shape index (κ3) is 5.13. The second-order valence-corrected chi connectivity index (χ2v) is 4.52. The largest absolute Gasteiger partial charge is 0.353 e.